The predicted octanol–water partition coefficient (Wildman–Crippen LogP) is 3.13. The predicted molar refractivity (Wildman–Crippen MR) is 93.3 cm³/mol. The van der Waals surface area contributed by atoms with Gasteiger partial charge in [-0.1, -0.05) is 32.0 Å². The first-order chi connectivity index (χ1) is 11.7. The van der Waals surface area contributed by atoms with E-state index in [0.29, 0.717) is 16.6 Å². The highest BCUT2D eigenvalue weighted by Crippen LogP contribution is 2.26. The summed E-state index contributed by atoms with van der Waals surface area (Å²) in [6.45, 7) is 3.26. The van der Waals surface area contributed by atoms with Gasteiger partial charge in [0.1, 0.15) is 11.5 Å². The van der Waals surface area contributed by atoms with Gasteiger partial charge in [-0.15, -0.1) is 0 Å². The van der Waals surface area contributed by atoms with Crippen molar-refractivity contribution in [1.82, 2.24) is 5.06 Å². The summed E-state index contributed by atoms with van der Waals surface area (Å²) in [4.78, 5) is 10.7. The van der Waals surface area contributed by atoms with Crippen molar-refractivity contribution in [3.63, 3.8) is 0 Å². The summed E-state index contributed by atoms with van der Waals surface area (Å²) in [5.74, 6) is 0.993. The van der Waals surface area contributed by atoms with Crippen LogP contribution in [0.15, 0.2) is 59.5 Å². The van der Waals surface area contributed by atoms with Gasteiger partial charge in [0.2, 0.25) is 6.41 Å². The van der Waals surface area contributed by atoms with Crippen molar-refractivity contribution in [1.29, 1.82) is 0 Å². The van der Waals surface area contributed by atoms with Crippen LogP contribution < -0.4 is 4.74 Å². The van der Waals surface area contributed by atoms with Crippen LogP contribution in [0.3, 0.4) is 0 Å². The van der Waals surface area contributed by atoms with E-state index in [1.54, 1.807) is 38.1 Å². The molecule has 0 atom stereocenters. The maximum absolute atomic E-state index is 12.6. The lowest BCUT2D eigenvalue weighted by Crippen LogP contribution is -2.36. The lowest BCUT2D eigenvalue weighted by atomic mass is 9.96. The third-order valence-electron chi connectivity index (χ3n) is 3.45. The first-order valence-corrected chi connectivity index (χ1v) is 9.34. The second-order valence-corrected chi connectivity index (χ2v) is 8.50. The number of carbonyl (C=O) groups excluding carboxylic acids is 1. The number of ether oxygens (including phenoxy) is 1. The Hall–Kier alpha value is -2.38. The van der Waals surface area contributed by atoms with E-state index in [0.717, 1.165) is 0 Å². The molecule has 0 bridgehead atoms. The van der Waals surface area contributed by atoms with E-state index in [9.17, 15) is 18.4 Å². The van der Waals surface area contributed by atoms with Gasteiger partial charge in [-0.2, -0.15) is 0 Å². The molecule has 25 heavy (non-hydrogen) atoms. The Morgan fingerprint density at radius 1 is 1.04 bits per heavy atom. The standard InChI is InChI=1S/C18H21NO5S/c1-18(2,12-19(21)14-20)13-25(22,23)17-10-8-16(9-11-17)24-15-6-4-3-5-7-15/h3-11,14,21H,12-13H2,1-2H3. The monoisotopic (exact) mass is 363 g/mol. The minimum absolute atomic E-state index is 0.0784. The Balaban J connectivity index is 2.10. The molecule has 2 rings (SSSR count). The van der Waals surface area contributed by atoms with Crippen LogP contribution in [0, 0.1) is 5.41 Å². The average molecular weight is 363 g/mol. The van der Waals surface area contributed by atoms with Gasteiger partial charge in [-0.3, -0.25) is 10.0 Å². The fourth-order valence-electron chi connectivity index (χ4n) is 2.46. The largest absolute Gasteiger partial charge is 0.457 e. The summed E-state index contributed by atoms with van der Waals surface area (Å²) in [5, 5.41) is 9.74. The molecule has 0 aliphatic rings. The lowest BCUT2D eigenvalue weighted by molar-refractivity contribution is -0.154. The molecule has 6 nitrogen and oxygen atoms in total. The van der Waals surface area contributed by atoms with Crippen LogP contribution >= 0.6 is 0 Å². The normalized spacial score (nSPS) is 11.8. The summed E-state index contributed by atoms with van der Waals surface area (Å²) in [6, 6.07) is 15.3. The third-order valence-corrected chi connectivity index (χ3v) is 5.61. The van der Waals surface area contributed by atoms with Crippen LogP contribution in [0.25, 0.3) is 0 Å². The van der Waals surface area contributed by atoms with Crippen LogP contribution in [0.5, 0.6) is 11.5 Å². The van der Waals surface area contributed by atoms with Gasteiger partial charge >= 0.3 is 0 Å². The lowest BCUT2D eigenvalue weighted by Gasteiger charge is -2.26. The average Bonchev–Trinajstić information content (AvgIpc) is 2.54. The number of para-hydroxylation sites is 1. The number of rotatable bonds is 8. The van der Waals surface area contributed by atoms with Gasteiger partial charge < -0.3 is 4.74 Å². The van der Waals surface area contributed by atoms with Crippen molar-refractivity contribution < 1.29 is 23.2 Å². The minimum atomic E-state index is -3.57. The number of amides is 1. The zero-order valence-electron chi connectivity index (χ0n) is 14.1. The van der Waals surface area contributed by atoms with Crippen molar-refractivity contribution in [3.05, 3.63) is 54.6 Å². The zero-order chi connectivity index (χ0) is 18.5. The molecular weight excluding hydrogens is 342 g/mol. The summed E-state index contributed by atoms with van der Waals surface area (Å²) in [6.07, 6.45) is 0.254. The van der Waals surface area contributed by atoms with Crippen LogP contribution in [0.2, 0.25) is 0 Å². The molecule has 2 aromatic carbocycles. The molecule has 0 aliphatic carbocycles. The van der Waals surface area contributed by atoms with Crippen molar-refractivity contribution in [2.75, 3.05) is 12.3 Å². The van der Waals surface area contributed by atoms with Crippen LogP contribution in [-0.2, 0) is 14.6 Å². The van der Waals surface area contributed by atoms with E-state index in [2.05, 4.69) is 0 Å². The molecule has 0 unspecified atom stereocenters. The van der Waals surface area contributed by atoms with E-state index in [4.69, 9.17) is 4.74 Å². The molecule has 0 aliphatic heterocycles. The maximum atomic E-state index is 12.6. The smallest absolute Gasteiger partial charge is 0.233 e. The first-order valence-electron chi connectivity index (χ1n) is 7.68. The molecular formula is C18H21NO5S. The van der Waals surface area contributed by atoms with Gasteiger partial charge in [-0.25, -0.2) is 13.5 Å². The Labute approximate surface area is 147 Å². The Morgan fingerprint density at radius 2 is 1.60 bits per heavy atom. The fourth-order valence-corrected chi connectivity index (χ4v) is 4.30. The highest BCUT2D eigenvalue weighted by molar-refractivity contribution is 7.91. The van der Waals surface area contributed by atoms with E-state index >= 15 is 0 Å². The molecule has 0 fully saturated rings. The number of hydrogen-bond acceptors (Lipinski definition) is 5. The number of carbonyl (C=O) groups is 1. The highest BCUT2D eigenvalue weighted by Gasteiger charge is 2.29. The molecule has 0 heterocycles. The highest BCUT2D eigenvalue weighted by atomic mass is 32.2. The third kappa shape index (κ3) is 5.58. The Bertz CT molecular complexity index is 801. The van der Waals surface area contributed by atoms with Crippen LogP contribution in [-0.4, -0.2) is 37.4 Å². The Morgan fingerprint density at radius 3 is 2.16 bits per heavy atom. The van der Waals surface area contributed by atoms with Crippen LogP contribution in [0.1, 0.15) is 13.8 Å². The Kier molecular flexibility index (Phi) is 5.81. The van der Waals surface area contributed by atoms with Crippen LogP contribution in [0.4, 0.5) is 0 Å². The number of hydrogen-bond donors (Lipinski definition) is 1. The minimum Gasteiger partial charge on any atom is -0.457 e. The fraction of sp³-hybridized carbons (Fsp3) is 0.278. The second-order valence-electron chi connectivity index (χ2n) is 6.51. The summed E-state index contributed by atoms with van der Waals surface area (Å²) < 4.78 is 30.8. The maximum Gasteiger partial charge on any atom is 0.233 e. The summed E-state index contributed by atoms with van der Waals surface area (Å²) >= 11 is 0. The van der Waals surface area contributed by atoms with E-state index in [-0.39, 0.29) is 23.6 Å². The van der Waals surface area contributed by atoms with E-state index in [1.165, 1.54) is 12.1 Å². The molecule has 2 aromatic rings. The van der Waals surface area contributed by atoms with Gasteiger partial charge in [-0.05, 0) is 41.8 Å². The van der Waals surface area contributed by atoms with Crippen molar-refractivity contribution in [2.45, 2.75) is 18.7 Å². The van der Waals surface area contributed by atoms with Crippen molar-refractivity contribution in [2.24, 2.45) is 5.41 Å². The van der Waals surface area contributed by atoms with Gasteiger partial charge in [0.15, 0.2) is 9.84 Å². The molecule has 0 spiro atoms. The first kappa shape index (κ1) is 19.0. The van der Waals surface area contributed by atoms with E-state index in [1.807, 2.05) is 18.2 Å². The zero-order valence-corrected chi connectivity index (χ0v) is 14.9. The van der Waals surface area contributed by atoms with Gasteiger partial charge in [0.05, 0.1) is 17.2 Å². The molecule has 0 radical (unpaired) electrons. The molecule has 0 aromatic heterocycles. The van der Waals surface area contributed by atoms with E-state index < -0.39 is 15.3 Å². The topological polar surface area (TPSA) is 83.9 Å². The molecule has 0 saturated carbocycles. The number of nitrogens with zero attached hydrogens (tertiary/aromatic N) is 1. The number of benzene rings is 2. The summed E-state index contributed by atoms with van der Waals surface area (Å²) in [5.41, 5.74) is -0.798. The van der Waals surface area contributed by atoms with Crippen molar-refractivity contribution in [3.8, 4) is 11.5 Å². The molecule has 1 amide bonds. The number of sulfone groups is 1. The number of hydroxylamine groups is 2. The van der Waals surface area contributed by atoms with Gasteiger partial charge in [0.25, 0.3) is 0 Å². The molecule has 0 saturated heterocycles. The SMILES string of the molecule is CC(C)(CN(O)C=O)CS(=O)(=O)c1ccc(Oc2ccccc2)cc1. The quantitative estimate of drug-likeness (QED) is 0.442. The summed E-state index contributed by atoms with van der Waals surface area (Å²) in [7, 11) is -3.57. The molecule has 1 N–H and O–H groups in total. The molecule has 7 heteroatoms. The molecule has 134 valence electrons. The second kappa shape index (κ2) is 7.67. The van der Waals surface area contributed by atoms with Crippen molar-refractivity contribution >= 4 is 16.2 Å². The van der Waals surface area contributed by atoms with Gasteiger partial charge in [0, 0.05) is 0 Å².